The molecule has 0 radical (unpaired) electrons. The third-order valence-electron chi connectivity index (χ3n) is 3.85. The van der Waals surface area contributed by atoms with Crippen LogP contribution in [0.3, 0.4) is 0 Å². The van der Waals surface area contributed by atoms with Gasteiger partial charge in [0.1, 0.15) is 0 Å². The van der Waals surface area contributed by atoms with Gasteiger partial charge in [-0.05, 0) is 32.2 Å². The molecule has 0 aliphatic heterocycles. The smallest absolute Gasteiger partial charge is 0.0724 e. The molecule has 0 aromatic carbocycles. The van der Waals surface area contributed by atoms with Gasteiger partial charge in [-0.1, -0.05) is 32.6 Å². The van der Waals surface area contributed by atoms with Gasteiger partial charge in [-0.25, -0.2) is 0 Å². The van der Waals surface area contributed by atoms with E-state index >= 15 is 0 Å². The van der Waals surface area contributed by atoms with Crippen molar-refractivity contribution in [3.05, 3.63) is 0 Å². The standard InChI is InChI=1S/C13H27NO/c1-4-12(15-3)13(14-2)11-9-7-5-6-8-10-11/h11-14H,4-10H2,1-3H3. The van der Waals surface area contributed by atoms with Crippen LogP contribution in [0.1, 0.15) is 51.9 Å². The first-order valence-corrected chi connectivity index (χ1v) is 6.53. The van der Waals surface area contributed by atoms with Gasteiger partial charge in [-0.3, -0.25) is 0 Å². The monoisotopic (exact) mass is 213 g/mol. The van der Waals surface area contributed by atoms with Gasteiger partial charge < -0.3 is 10.1 Å². The summed E-state index contributed by atoms with van der Waals surface area (Å²) in [6, 6.07) is 0.554. The minimum atomic E-state index is 0.387. The lowest BCUT2D eigenvalue weighted by Gasteiger charge is -2.31. The second-order valence-electron chi connectivity index (χ2n) is 4.75. The molecule has 1 saturated carbocycles. The SMILES string of the molecule is CCC(OC)C(NC)C1CCCCCC1. The number of methoxy groups -OCH3 is 1. The fraction of sp³-hybridized carbons (Fsp3) is 1.00. The average Bonchev–Trinajstić information content (AvgIpc) is 2.54. The number of hydrogen-bond acceptors (Lipinski definition) is 2. The van der Waals surface area contributed by atoms with Crippen molar-refractivity contribution in [2.24, 2.45) is 5.92 Å². The van der Waals surface area contributed by atoms with Crippen LogP contribution >= 0.6 is 0 Å². The van der Waals surface area contributed by atoms with E-state index in [2.05, 4.69) is 19.3 Å². The summed E-state index contributed by atoms with van der Waals surface area (Å²) in [4.78, 5) is 0. The molecule has 1 fully saturated rings. The molecule has 90 valence electrons. The summed E-state index contributed by atoms with van der Waals surface area (Å²) in [5.74, 6) is 0.822. The minimum Gasteiger partial charge on any atom is -0.380 e. The van der Waals surface area contributed by atoms with Crippen molar-refractivity contribution in [2.45, 2.75) is 64.0 Å². The normalized spacial score (nSPS) is 23.4. The maximum Gasteiger partial charge on any atom is 0.0724 e. The Balaban J connectivity index is 2.53. The summed E-state index contributed by atoms with van der Waals surface area (Å²) < 4.78 is 5.58. The van der Waals surface area contributed by atoms with Crippen LogP contribution in [0.4, 0.5) is 0 Å². The molecule has 0 amide bonds. The van der Waals surface area contributed by atoms with Crippen molar-refractivity contribution in [2.75, 3.05) is 14.2 Å². The van der Waals surface area contributed by atoms with Crippen molar-refractivity contribution in [3.63, 3.8) is 0 Å². The molecule has 0 aromatic rings. The van der Waals surface area contributed by atoms with Crippen LogP contribution in [0.5, 0.6) is 0 Å². The molecule has 2 nitrogen and oxygen atoms in total. The Hall–Kier alpha value is -0.0800. The summed E-state index contributed by atoms with van der Waals surface area (Å²) in [7, 11) is 3.92. The fourth-order valence-electron chi connectivity index (χ4n) is 2.96. The third-order valence-corrected chi connectivity index (χ3v) is 3.85. The molecule has 2 heteroatoms. The largest absolute Gasteiger partial charge is 0.380 e. The van der Waals surface area contributed by atoms with Crippen LogP contribution in [-0.4, -0.2) is 26.3 Å². The van der Waals surface area contributed by atoms with Crippen molar-refractivity contribution >= 4 is 0 Å². The van der Waals surface area contributed by atoms with E-state index in [4.69, 9.17) is 4.74 Å². The number of hydrogen-bond donors (Lipinski definition) is 1. The average molecular weight is 213 g/mol. The first-order chi connectivity index (χ1) is 7.33. The predicted octanol–water partition coefficient (Wildman–Crippen LogP) is 2.97. The molecule has 0 saturated heterocycles. The highest BCUT2D eigenvalue weighted by molar-refractivity contribution is 4.83. The van der Waals surface area contributed by atoms with Gasteiger partial charge in [-0.2, -0.15) is 0 Å². The maximum atomic E-state index is 5.58. The molecule has 1 aliphatic carbocycles. The van der Waals surface area contributed by atoms with Gasteiger partial charge in [0.2, 0.25) is 0 Å². The summed E-state index contributed by atoms with van der Waals surface area (Å²) in [6.45, 7) is 2.22. The zero-order valence-corrected chi connectivity index (χ0v) is 10.6. The van der Waals surface area contributed by atoms with E-state index in [1.165, 1.54) is 38.5 Å². The quantitative estimate of drug-likeness (QED) is 0.709. The third kappa shape index (κ3) is 3.76. The van der Waals surface area contributed by atoms with E-state index in [0.29, 0.717) is 12.1 Å². The molecular formula is C13H27NO. The van der Waals surface area contributed by atoms with Gasteiger partial charge in [0.05, 0.1) is 6.10 Å². The first kappa shape index (κ1) is 13.0. The summed E-state index contributed by atoms with van der Waals surface area (Å²) >= 11 is 0. The lowest BCUT2D eigenvalue weighted by Crippen LogP contribution is -2.44. The Kier molecular flexibility index (Phi) is 6.26. The summed E-state index contributed by atoms with van der Waals surface area (Å²) in [6.07, 6.45) is 9.92. The van der Waals surface area contributed by atoms with Crippen LogP contribution in [0, 0.1) is 5.92 Å². The van der Waals surface area contributed by atoms with E-state index in [9.17, 15) is 0 Å². The lowest BCUT2D eigenvalue weighted by molar-refractivity contribution is 0.0442. The number of nitrogens with one attached hydrogen (secondary N) is 1. The highest BCUT2D eigenvalue weighted by Crippen LogP contribution is 2.28. The highest BCUT2D eigenvalue weighted by atomic mass is 16.5. The van der Waals surface area contributed by atoms with Crippen LogP contribution in [0.2, 0.25) is 0 Å². The van der Waals surface area contributed by atoms with Crippen molar-refractivity contribution < 1.29 is 4.74 Å². The van der Waals surface area contributed by atoms with Crippen molar-refractivity contribution in [1.82, 2.24) is 5.32 Å². The molecule has 1 rings (SSSR count). The molecule has 0 bridgehead atoms. The van der Waals surface area contributed by atoms with E-state index in [-0.39, 0.29) is 0 Å². The molecule has 1 N–H and O–H groups in total. The summed E-state index contributed by atoms with van der Waals surface area (Å²) in [5.41, 5.74) is 0. The molecule has 2 atom stereocenters. The van der Waals surface area contributed by atoms with Crippen molar-refractivity contribution in [3.8, 4) is 0 Å². The predicted molar refractivity (Wildman–Crippen MR) is 65.1 cm³/mol. The minimum absolute atomic E-state index is 0.387. The van der Waals surface area contributed by atoms with Gasteiger partial charge >= 0.3 is 0 Å². The number of ether oxygens (including phenoxy) is 1. The molecule has 0 aromatic heterocycles. The topological polar surface area (TPSA) is 21.3 Å². The van der Waals surface area contributed by atoms with Gasteiger partial charge in [0.15, 0.2) is 0 Å². The fourth-order valence-corrected chi connectivity index (χ4v) is 2.96. The van der Waals surface area contributed by atoms with E-state index in [1.54, 1.807) is 0 Å². The maximum absolute atomic E-state index is 5.58. The highest BCUT2D eigenvalue weighted by Gasteiger charge is 2.27. The van der Waals surface area contributed by atoms with Gasteiger partial charge in [-0.15, -0.1) is 0 Å². The first-order valence-electron chi connectivity index (χ1n) is 6.53. The second kappa shape index (κ2) is 7.24. The Bertz CT molecular complexity index is 149. The Morgan fingerprint density at radius 1 is 1.20 bits per heavy atom. The molecule has 0 heterocycles. The van der Waals surface area contributed by atoms with Gasteiger partial charge in [0.25, 0.3) is 0 Å². The van der Waals surface area contributed by atoms with E-state index in [0.717, 1.165) is 12.3 Å². The molecule has 2 unspecified atom stereocenters. The van der Waals surface area contributed by atoms with Crippen LogP contribution in [-0.2, 0) is 4.74 Å². The van der Waals surface area contributed by atoms with Crippen LogP contribution in [0.15, 0.2) is 0 Å². The number of likely N-dealkylation sites (N-methyl/N-ethyl adjacent to an activating group) is 1. The lowest BCUT2D eigenvalue weighted by atomic mass is 9.87. The Morgan fingerprint density at radius 2 is 1.80 bits per heavy atom. The number of rotatable bonds is 5. The molecule has 0 spiro atoms. The van der Waals surface area contributed by atoms with Crippen molar-refractivity contribution in [1.29, 1.82) is 0 Å². The van der Waals surface area contributed by atoms with E-state index in [1.807, 2.05) is 7.11 Å². The second-order valence-corrected chi connectivity index (χ2v) is 4.75. The van der Waals surface area contributed by atoms with E-state index < -0.39 is 0 Å². The van der Waals surface area contributed by atoms with Gasteiger partial charge in [0, 0.05) is 13.2 Å². The van der Waals surface area contributed by atoms with Crippen LogP contribution in [0.25, 0.3) is 0 Å². The molecule has 1 aliphatic rings. The molecular weight excluding hydrogens is 186 g/mol. The van der Waals surface area contributed by atoms with Crippen LogP contribution < -0.4 is 5.32 Å². The zero-order chi connectivity index (χ0) is 11.1. The summed E-state index contributed by atoms with van der Waals surface area (Å²) in [5, 5.41) is 3.48. The molecule has 15 heavy (non-hydrogen) atoms. The Labute approximate surface area is 94.8 Å². The zero-order valence-electron chi connectivity index (χ0n) is 10.6. The Morgan fingerprint density at radius 3 is 2.20 bits per heavy atom.